The number of alkyl halides is 3. The number of piperidine rings is 1. The molecule has 1 aliphatic heterocycles. The molecule has 1 N–H and O–H groups in total. The van der Waals surface area contributed by atoms with Crippen LogP contribution in [0.15, 0.2) is 42.5 Å². The first-order valence-electron chi connectivity index (χ1n) is 10.3. The molecule has 3 aromatic rings. The van der Waals surface area contributed by atoms with Crippen molar-refractivity contribution in [3.63, 3.8) is 0 Å². The van der Waals surface area contributed by atoms with Crippen LogP contribution >= 0.6 is 0 Å². The van der Waals surface area contributed by atoms with E-state index in [9.17, 15) is 18.0 Å². The van der Waals surface area contributed by atoms with Crippen LogP contribution in [0.4, 0.5) is 24.7 Å². The van der Waals surface area contributed by atoms with E-state index in [-0.39, 0.29) is 17.5 Å². The number of aryl methyl sites for hydroxylation is 2. The van der Waals surface area contributed by atoms with Crippen LogP contribution in [0.3, 0.4) is 0 Å². The van der Waals surface area contributed by atoms with Crippen molar-refractivity contribution in [1.82, 2.24) is 20.0 Å². The Balaban J connectivity index is 1.35. The third kappa shape index (κ3) is 4.74. The lowest BCUT2D eigenvalue weighted by molar-refractivity contribution is -0.137. The minimum Gasteiger partial charge on any atom is -0.355 e. The van der Waals surface area contributed by atoms with Crippen LogP contribution in [0, 0.1) is 19.8 Å². The minimum absolute atomic E-state index is 0.151. The van der Waals surface area contributed by atoms with Crippen LogP contribution in [0.25, 0.3) is 5.82 Å². The molecule has 0 saturated carbocycles. The molecule has 0 spiro atoms. The monoisotopic (exact) mass is 444 g/mol. The largest absolute Gasteiger partial charge is 0.416 e. The van der Waals surface area contributed by atoms with Crippen LogP contribution in [0.5, 0.6) is 0 Å². The number of nitrogens with zero attached hydrogens (tertiary/aromatic N) is 5. The molecule has 0 aliphatic carbocycles. The second-order valence-corrected chi connectivity index (χ2v) is 7.92. The Morgan fingerprint density at radius 3 is 2.31 bits per heavy atom. The van der Waals surface area contributed by atoms with Crippen LogP contribution in [0.2, 0.25) is 0 Å². The third-order valence-corrected chi connectivity index (χ3v) is 5.51. The van der Waals surface area contributed by atoms with Crippen LogP contribution in [-0.2, 0) is 11.0 Å². The number of anilines is 2. The first-order valence-corrected chi connectivity index (χ1v) is 10.3. The normalized spacial score (nSPS) is 15.1. The van der Waals surface area contributed by atoms with Gasteiger partial charge in [0.15, 0.2) is 11.6 Å². The molecule has 1 amide bonds. The van der Waals surface area contributed by atoms with Crippen molar-refractivity contribution in [2.24, 2.45) is 5.92 Å². The number of carbonyl (C=O) groups excluding carboxylic acids is 1. The van der Waals surface area contributed by atoms with E-state index in [1.807, 2.05) is 36.9 Å². The molecule has 2 aromatic heterocycles. The van der Waals surface area contributed by atoms with E-state index in [1.165, 1.54) is 12.1 Å². The summed E-state index contributed by atoms with van der Waals surface area (Å²) in [6, 6.07) is 10.4. The fraction of sp³-hybridized carbons (Fsp3) is 0.364. The van der Waals surface area contributed by atoms with Gasteiger partial charge >= 0.3 is 6.18 Å². The number of amides is 1. The molecule has 1 aliphatic rings. The zero-order chi connectivity index (χ0) is 22.9. The lowest BCUT2D eigenvalue weighted by Gasteiger charge is -2.31. The van der Waals surface area contributed by atoms with Gasteiger partial charge in [0, 0.05) is 30.4 Å². The van der Waals surface area contributed by atoms with Gasteiger partial charge in [-0.15, -0.1) is 10.2 Å². The van der Waals surface area contributed by atoms with E-state index >= 15 is 0 Å². The van der Waals surface area contributed by atoms with E-state index in [1.54, 1.807) is 4.68 Å². The molecule has 4 rings (SSSR count). The minimum atomic E-state index is -4.45. The van der Waals surface area contributed by atoms with Crippen molar-refractivity contribution >= 4 is 17.4 Å². The van der Waals surface area contributed by atoms with Gasteiger partial charge in [-0.25, -0.2) is 4.68 Å². The molecule has 10 heteroatoms. The molecule has 1 saturated heterocycles. The van der Waals surface area contributed by atoms with Gasteiger partial charge in [0.1, 0.15) is 0 Å². The van der Waals surface area contributed by atoms with Crippen molar-refractivity contribution in [3.05, 3.63) is 59.4 Å². The molecule has 1 fully saturated rings. The van der Waals surface area contributed by atoms with Crippen LogP contribution in [0.1, 0.15) is 29.8 Å². The number of aromatic nitrogens is 4. The Bertz CT molecular complexity index is 1100. The predicted molar refractivity (Wildman–Crippen MR) is 114 cm³/mol. The maximum absolute atomic E-state index is 12.9. The van der Waals surface area contributed by atoms with Gasteiger partial charge in [-0.3, -0.25) is 4.79 Å². The van der Waals surface area contributed by atoms with Gasteiger partial charge in [0.2, 0.25) is 5.91 Å². The average molecular weight is 444 g/mol. The first-order chi connectivity index (χ1) is 15.2. The molecule has 0 unspecified atom stereocenters. The summed E-state index contributed by atoms with van der Waals surface area (Å²) in [4.78, 5) is 14.6. The fourth-order valence-corrected chi connectivity index (χ4v) is 3.85. The van der Waals surface area contributed by atoms with Crippen LogP contribution in [-0.4, -0.2) is 39.0 Å². The molecular formula is C22H23F3N6O. The summed E-state index contributed by atoms with van der Waals surface area (Å²) < 4.78 is 40.3. The Hall–Kier alpha value is -3.43. The molecule has 168 valence electrons. The second-order valence-electron chi connectivity index (χ2n) is 7.92. The van der Waals surface area contributed by atoms with Gasteiger partial charge in [0.05, 0.1) is 11.3 Å². The van der Waals surface area contributed by atoms with Crippen molar-refractivity contribution in [2.75, 3.05) is 23.3 Å². The quantitative estimate of drug-likeness (QED) is 0.654. The lowest BCUT2D eigenvalue weighted by Crippen LogP contribution is -2.38. The molecule has 3 heterocycles. The summed E-state index contributed by atoms with van der Waals surface area (Å²) in [7, 11) is 0. The highest BCUT2D eigenvalue weighted by atomic mass is 19.4. The summed E-state index contributed by atoms with van der Waals surface area (Å²) in [5.41, 5.74) is 1.24. The number of carbonyl (C=O) groups is 1. The number of hydrogen-bond donors (Lipinski definition) is 1. The van der Waals surface area contributed by atoms with Crippen molar-refractivity contribution in [1.29, 1.82) is 0 Å². The number of benzene rings is 1. The topological polar surface area (TPSA) is 75.9 Å². The molecule has 0 radical (unpaired) electrons. The lowest BCUT2D eigenvalue weighted by atomic mass is 9.95. The fourth-order valence-electron chi connectivity index (χ4n) is 3.85. The predicted octanol–water partition coefficient (Wildman–Crippen LogP) is 4.15. The zero-order valence-corrected chi connectivity index (χ0v) is 17.7. The summed E-state index contributed by atoms with van der Waals surface area (Å²) >= 11 is 0. The maximum atomic E-state index is 12.9. The van der Waals surface area contributed by atoms with E-state index in [0.29, 0.717) is 37.6 Å². The summed E-state index contributed by atoms with van der Waals surface area (Å²) in [5.74, 6) is 0.805. The molecule has 0 bridgehead atoms. The van der Waals surface area contributed by atoms with Gasteiger partial charge in [-0.05, 0) is 63.1 Å². The molecule has 1 aromatic carbocycles. The Kier molecular flexibility index (Phi) is 5.86. The highest BCUT2D eigenvalue weighted by molar-refractivity contribution is 5.92. The molecular weight excluding hydrogens is 421 g/mol. The smallest absolute Gasteiger partial charge is 0.355 e. The highest BCUT2D eigenvalue weighted by Gasteiger charge is 2.31. The van der Waals surface area contributed by atoms with Crippen molar-refractivity contribution in [2.45, 2.75) is 32.9 Å². The highest BCUT2D eigenvalue weighted by Crippen LogP contribution is 2.31. The van der Waals surface area contributed by atoms with Crippen LogP contribution < -0.4 is 10.2 Å². The van der Waals surface area contributed by atoms with E-state index in [2.05, 4.69) is 20.6 Å². The SMILES string of the molecule is Cc1cc(C)n(-c2ccc(N3CCC(C(=O)Nc4cccc(C(F)(F)F)c4)CC3)nn2)n1. The molecule has 0 atom stereocenters. The van der Waals surface area contributed by atoms with Gasteiger partial charge in [0.25, 0.3) is 0 Å². The second kappa shape index (κ2) is 8.60. The summed E-state index contributed by atoms with van der Waals surface area (Å²) in [5, 5.41) is 15.6. The summed E-state index contributed by atoms with van der Waals surface area (Å²) in [6.07, 6.45) is -3.30. The zero-order valence-electron chi connectivity index (χ0n) is 17.7. The standard InChI is InChI=1S/C22H23F3N6O/c1-14-12-15(2)31(29-14)20-7-6-19(27-28-20)30-10-8-16(9-11-30)21(32)26-18-5-3-4-17(13-18)22(23,24)25/h3-7,12-13,16H,8-11H2,1-2H3,(H,26,32). The molecule has 32 heavy (non-hydrogen) atoms. The number of nitrogens with one attached hydrogen (secondary N) is 1. The van der Waals surface area contributed by atoms with Crippen molar-refractivity contribution in [3.8, 4) is 5.82 Å². The third-order valence-electron chi connectivity index (χ3n) is 5.51. The van der Waals surface area contributed by atoms with Gasteiger partial charge in [-0.2, -0.15) is 18.3 Å². The van der Waals surface area contributed by atoms with Gasteiger partial charge in [-0.1, -0.05) is 6.07 Å². The van der Waals surface area contributed by atoms with Gasteiger partial charge < -0.3 is 10.2 Å². The summed E-state index contributed by atoms with van der Waals surface area (Å²) in [6.45, 7) is 5.08. The number of halogens is 3. The maximum Gasteiger partial charge on any atom is 0.416 e. The number of rotatable bonds is 4. The van der Waals surface area contributed by atoms with E-state index in [0.717, 1.165) is 23.5 Å². The molecule has 7 nitrogen and oxygen atoms in total. The first kappa shape index (κ1) is 21.8. The Morgan fingerprint density at radius 2 is 1.72 bits per heavy atom. The van der Waals surface area contributed by atoms with Crippen molar-refractivity contribution < 1.29 is 18.0 Å². The number of hydrogen-bond acceptors (Lipinski definition) is 5. The van der Waals surface area contributed by atoms with E-state index in [4.69, 9.17) is 0 Å². The Morgan fingerprint density at radius 1 is 1.03 bits per heavy atom. The Labute approximate surface area is 183 Å². The average Bonchev–Trinajstić information content (AvgIpc) is 3.11. The van der Waals surface area contributed by atoms with E-state index < -0.39 is 11.7 Å².